The Bertz CT molecular complexity index is 1130. The number of carboxylic acid groups (broad SMARTS) is 1. The molecule has 1 saturated carbocycles. The number of hydrogen-bond acceptors (Lipinski definition) is 5. The van der Waals surface area contributed by atoms with Crippen LogP contribution in [-0.4, -0.2) is 54.7 Å². The van der Waals surface area contributed by atoms with Gasteiger partial charge in [0.05, 0.1) is 12.2 Å². The van der Waals surface area contributed by atoms with E-state index < -0.39 is 5.97 Å². The largest absolute Gasteiger partial charge is 0.493 e. The molecule has 2 unspecified atom stereocenters. The number of fused-ring (bicyclic) bond motifs is 1. The Morgan fingerprint density at radius 3 is 2.76 bits per heavy atom. The summed E-state index contributed by atoms with van der Waals surface area (Å²) < 4.78 is 5.89. The van der Waals surface area contributed by atoms with Gasteiger partial charge in [-0.1, -0.05) is 35.9 Å². The number of dihydropyridines is 1. The highest BCUT2D eigenvalue weighted by Gasteiger charge is 2.30. The van der Waals surface area contributed by atoms with E-state index in [0.29, 0.717) is 30.7 Å². The van der Waals surface area contributed by atoms with Crippen molar-refractivity contribution in [2.45, 2.75) is 38.5 Å². The molecule has 0 bridgehead atoms. The second-order valence-corrected chi connectivity index (χ2v) is 10.6. The van der Waals surface area contributed by atoms with E-state index in [1.807, 2.05) is 0 Å². The summed E-state index contributed by atoms with van der Waals surface area (Å²) in [5.74, 6) is 2.19. The molecule has 37 heavy (non-hydrogen) atoms. The number of carbonyl (C=O) groups excluding carboxylic acids is 1. The number of ether oxygens (including phenoxy) is 1. The highest BCUT2D eigenvalue weighted by Crippen LogP contribution is 2.37. The van der Waals surface area contributed by atoms with Crippen molar-refractivity contribution in [2.75, 3.05) is 32.8 Å². The van der Waals surface area contributed by atoms with Crippen LogP contribution in [0.5, 0.6) is 5.75 Å². The maximum absolute atomic E-state index is 12.8. The van der Waals surface area contributed by atoms with E-state index in [2.05, 4.69) is 45.9 Å². The summed E-state index contributed by atoms with van der Waals surface area (Å²) in [6, 6.07) is 6.68. The third kappa shape index (κ3) is 6.45. The van der Waals surface area contributed by atoms with Crippen molar-refractivity contribution in [1.82, 2.24) is 15.5 Å². The maximum atomic E-state index is 12.8. The van der Waals surface area contributed by atoms with Gasteiger partial charge in [-0.05, 0) is 80.2 Å². The van der Waals surface area contributed by atoms with Crippen molar-refractivity contribution in [3.05, 3.63) is 77.2 Å². The van der Waals surface area contributed by atoms with E-state index in [1.165, 1.54) is 11.1 Å². The molecule has 2 atom stereocenters. The number of likely N-dealkylation sites (tertiary alicyclic amines) is 1. The van der Waals surface area contributed by atoms with Crippen LogP contribution >= 0.6 is 0 Å². The number of carboxylic acids is 1. The van der Waals surface area contributed by atoms with Crippen LogP contribution in [0.4, 0.5) is 0 Å². The normalized spacial score (nSPS) is 23.7. The van der Waals surface area contributed by atoms with E-state index in [0.717, 1.165) is 64.0 Å². The zero-order valence-corrected chi connectivity index (χ0v) is 21.3. The molecule has 1 aromatic rings. The molecule has 7 nitrogen and oxygen atoms in total. The van der Waals surface area contributed by atoms with E-state index in [4.69, 9.17) is 9.84 Å². The van der Waals surface area contributed by atoms with Gasteiger partial charge in [-0.25, -0.2) is 4.79 Å². The number of amides is 1. The molecule has 1 saturated heterocycles. The molecule has 2 aliphatic heterocycles. The second kappa shape index (κ2) is 11.7. The van der Waals surface area contributed by atoms with Gasteiger partial charge in [0.2, 0.25) is 5.91 Å². The Kier molecular flexibility index (Phi) is 7.97. The zero-order chi connectivity index (χ0) is 25.6. The maximum Gasteiger partial charge on any atom is 0.335 e. The lowest BCUT2D eigenvalue weighted by molar-refractivity contribution is -0.125. The Hall–Kier alpha value is -3.48. The van der Waals surface area contributed by atoms with E-state index in [1.54, 1.807) is 24.3 Å². The van der Waals surface area contributed by atoms with Crippen molar-refractivity contribution < 1.29 is 19.4 Å². The van der Waals surface area contributed by atoms with Gasteiger partial charge in [-0.3, -0.25) is 4.79 Å². The topological polar surface area (TPSA) is 90.9 Å². The first-order valence-corrected chi connectivity index (χ1v) is 13.5. The minimum absolute atomic E-state index is 0.101. The molecule has 2 aliphatic carbocycles. The van der Waals surface area contributed by atoms with Gasteiger partial charge in [0.25, 0.3) is 0 Å². The molecular weight excluding hydrogens is 466 g/mol. The van der Waals surface area contributed by atoms with Crippen molar-refractivity contribution in [1.29, 1.82) is 0 Å². The smallest absolute Gasteiger partial charge is 0.335 e. The monoisotopic (exact) mass is 503 g/mol. The number of piperidine rings is 1. The lowest BCUT2D eigenvalue weighted by atomic mass is 9.75. The Balaban J connectivity index is 1.04. The van der Waals surface area contributed by atoms with Gasteiger partial charge < -0.3 is 25.4 Å². The number of hydrogen-bond donors (Lipinski definition) is 3. The molecule has 2 fully saturated rings. The van der Waals surface area contributed by atoms with Gasteiger partial charge in [-0.15, -0.1) is 0 Å². The number of nitrogens with one attached hydrogen (secondary N) is 2. The molecule has 5 rings (SSSR count). The summed E-state index contributed by atoms with van der Waals surface area (Å²) in [6.07, 6.45) is 17.0. The third-order valence-electron chi connectivity index (χ3n) is 8.09. The summed E-state index contributed by atoms with van der Waals surface area (Å²) in [5.41, 5.74) is 2.89. The number of nitrogens with zero attached hydrogens (tertiary/aromatic N) is 1. The average Bonchev–Trinajstić information content (AvgIpc) is 2.95. The SMILES string of the molecule is O=C(O)c1cccc(OCC2CCN(C3=CC=C(CNC(=O)C4CCC5CC=CC=C5C4)CN3)CC2)c1. The molecule has 2 heterocycles. The molecular formula is C30H37N3O4. The predicted octanol–water partition coefficient (Wildman–Crippen LogP) is 4.27. The third-order valence-corrected chi connectivity index (χ3v) is 8.09. The summed E-state index contributed by atoms with van der Waals surface area (Å²) in [5, 5.41) is 15.8. The van der Waals surface area contributed by atoms with Gasteiger partial charge in [0.1, 0.15) is 11.6 Å². The summed E-state index contributed by atoms with van der Waals surface area (Å²) in [6.45, 7) is 3.85. The van der Waals surface area contributed by atoms with Crippen LogP contribution in [0, 0.1) is 17.8 Å². The summed E-state index contributed by atoms with van der Waals surface area (Å²) in [4.78, 5) is 26.3. The zero-order valence-electron chi connectivity index (χ0n) is 21.3. The van der Waals surface area contributed by atoms with Crippen LogP contribution in [0.2, 0.25) is 0 Å². The number of carbonyl (C=O) groups is 2. The van der Waals surface area contributed by atoms with Gasteiger partial charge in [-0.2, -0.15) is 0 Å². The standard InChI is InChI=1S/C30H37N3O4/c34-29(25-10-9-23-4-1-2-5-24(23)16-25)32-19-22-8-11-28(31-18-22)33-14-12-21(13-15-33)20-37-27-7-3-6-26(17-27)30(35)36/h1-3,5-8,11,17,21,23,25,31H,4,9-10,12-16,18-20H2,(H,32,34)(H,35,36). The minimum Gasteiger partial charge on any atom is -0.493 e. The van der Waals surface area contributed by atoms with Crippen LogP contribution in [0.1, 0.15) is 48.9 Å². The molecule has 4 aliphatic rings. The van der Waals surface area contributed by atoms with Crippen molar-refractivity contribution in [3.63, 3.8) is 0 Å². The molecule has 0 aromatic heterocycles. The minimum atomic E-state index is -0.941. The lowest BCUT2D eigenvalue weighted by Crippen LogP contribution is -2.42. The molecule has 1 amide bonds. The highest BCUT2D eigenvalue weighted by molar-refractivity contribution is 5.88. The fraction of sp³-hybridized carbons (Fsp3) is 0.467. The molecule has 196 valence electrons. The van der Waals surface area contributed by atoms with Crippen LogP contribution in [0.25, 0.3) is 0 Å². The number of allylic oxidation sites excluding steroid dienone is 6. The molecule has 1 aromatic carbocycles. The molecule has 0 radical (unpaired) electrons. The summed E-state index contributed by atoms with van der Waals surface area (Å²) >= 11 is 0. The lowest BCUT2D eigenvalue weighted by Gasteiger charge is -2.36. The highest BCUT2D eigenvalue weighted by atomic mass is 16.5. The first-order valence-electron chi connectivity index (χ1n) is 13.5. The van der Waals surface area contributed by atoms with Gasteiger partial charge >= 0.3 is 5.97 Å². The predicted molar refractivity (Wildman–Crippen MR) is 143 cm³/mol. The van der Waals surface area contributed by atoms with E-state index in [-0.39, 0.29) is 17.4 Å². The van der Waals surface area contributed by atoms with Gasteiger partial charge in [0.15, 0.2) is 0 Å². The fourth-order valence-corrected chi connectivity index (χ4v) is 5.75. The van der Waals surface area contributed by atoms with Crippen LogP contribution < -0.4 is 15.4 Å². The fourth-order valence-electron chi connectivity index (χ4n) is 5.75. The Morgan fingerprint density at radius 2 is 1.97 bits per heavy atom. The molecule has 3 N–H and O–H groups in total. The Labute approximate surface area is 218 Å². The Morgan fingerprint density at radius 1 is 1.11 bits per heavy atom. The van der Waals surface area contributed by atoms with Gasteiger partial charge in [0, 0.05) is 32.1 Å². The van der Waals surface area contributed by atoms with E-state index in [9.17, 15) is 9.59 Å². The number of aromatic carboxylic acids is 1. The first kappa shape index (κ1) is 25.2. The molecule has 7 heteroatoms. The second-order valence-electron chi connectivity index (χ2n) is 10.6. The van der Waals surface area contributed by atoms with Crippen molar-refractivity contribution in [3.8, 4) is 5.75 Å². The quantitative estimate of drug-likeness (QED) is 0.491. The van der Waals surface area contributed by atoms with Crippen LogP contribution in [0.15, 0.2) is 71.6 Å². The average molecular weight is 504 g/mol. The van der Waals surface area contributed by atoms with Crippen LogP contribution in [-0.2, 0) is 4.79 Å². The van der Waals surface area contributed by atoms with Crippen molar-refractivity contribution >= 4 is 11.9 Å². The van der Waals surface area contributed by atoms with Crippen LogP contribution in [0.3, 0.4) is 0 Å². The van der Waals surface area contributed by atoms with Crippen molar-refractivity contribution in [2.24, 2.45) is 17.8 Å². The first-order chi connectivity index (χ1) is 18.0. The van der Waals surface area contributed by atoms with E-state index >= 15 is 0 Å². The number of benzene rings is 1. The number of rotatable bonds is 8. The molecule has 0 spiro atoms. The summed E-state index contributed by atoms with van der Waals surface area (Å²) in [7, 11) is 0.